The molecule has 4 aromatic rings. The Labute approximate surface area is 231 Å². The summed E-state index contributed by atoms with van der Waals surface area (Å²) in [5.74, 6) is 0.0911. The molecule has 1 spiro atoms. The van der Waals surface area contributed by atoms with Crippen molar-refractivity contribution in [3.8, 4) is 5.69 Å². The van der Waals surface area contributed by atoms with Gasteiger partial charge in [0.2, 0.25) is 0 Å². The summed E-state index contributed by atoms with van der Waals surface area (Å²) in [6.45, 7) is -0.281. The first-order valence-electron chi connectivity index (χ1n) is 13.5. The number of imidazole rings is 1. The van der Waals surface area contributed by atoms with Gasteiger partial charge in [-0.15, -0.1) is 10.2 Å². The number of alkyl halides is 5. The molecule has 13 heteroatoms. The molecule has 0 bridgehead atoms. The number of likely N-dealkylation sites (tertiary alicyclic amines) is 1. The van der Waals surface area contributed by atoms with Crippen molar-refractivity contribution in [3.05, 3.63) is 82.1 Å². The summed E-state index contributed by atoms with van der Waals surface area (Å²) in [5, 5.41) is 7.46. The summed E-state index contributed by atoms with van der Waals surface area (Å²) in [5.41, 5.74) is -0.584. The summed E-state index contributed by atoms with van der Waals surface area (Å²) in [7, 11) is 0. The number of fused-ring (bicyclic) bond motifs is 1. The van der Waals surface area contributed by atoms with Crippen LogP contribution in [0, 0.1) is 5.41 Å². The monoisotopic (exact) mass is 574 g/mol. The van der Waals surface area contributed by atoms with E-state index in [0.717, 1.165) is 49.1 Å². The van der Waals surface area contributed by atoms with Gasteiger partial charge in [-0.05, 0) is 60.5 Å². The predicted octanol–water partition coefficient (Wildman–Crippen LogP) is 4.59. The summed E-state index contributed by atoms with van der Waals surface area (Å²) in [4.78, 5) is 15.7. The molecule has 3 aromatic heterocycles. The molecule has 216 valence electrons. The summed E-state index contributed by atoms with van der Waals surface area (Å²) in [6, 6.07) is 7.95. The molecular formula is C28H27F5N6O2. The van der Waals surface area contributed by atoms with Gasteiger partial charge in [0.25, 0.3) is 0 Å². The fourth-order valence-corrected chi connectivity index (χ4v) is 6.31. The zero-order valence-electron chi connectivity index (χ0n) is 21.9. The third kappa shape index (κ3) is 4.55. The molecule has 1 aliphatic carbocycles. The van der Waals surface area contributed by atoms with Gasteiger partial charge in [-0.25, -0.2) is 4.79 Å². The van der Waals surface area contributed by atoms with E-state index in [-0.39, 0.29) is 31.0 Å². The second-order valence-corrected chi connectivity index (χ2v) is 11.7. The van der Waals surface area contributed by atoms with Crippen LogP contribution in [0.3, 0.4) is 0 Å². The van der Waals surface area contributed by atoms with Crippen molar-refractivity contribution < 1.29 is 26.7 Å². The molecule has 0 atom stereocenters. The highest BCUT2D eigenvalue weighted by Gasteiger charge is 2.47. The Morgan fingerprint density at radius 3 is 2.54 bits per heavy atom. The highest BCUT2D eigenvalue weighted by Crippen LogP contribution is 2.52. The summed E-state index contributed by atoms with van der Waals surface area (Å²) >= 11 is 0. The standard InChI is InChI=1S/C28H27F5N6O2/c29-24(30)39-17-34-35-23(39)10-27(15-41-16-27)19-2-1-3-20(9-19)37-13-22-21(28(31,32)33)8-18(12-38(22)25(37)40)11-36-7-6-26(14-36)4-5-26/h1-3,8-9,12-13,17,24H,4-7,10-11,14-16H2. The Bertz CT molecular complexity index is 1680. The number of nitrogens with zero attached hydrogens (tertiary/aromatic N) is 6. The first kappa shape index (κ1) is 26.3. The third-order valence-corrected chi connectivity index (χ3v) is 8.86. The van der Waals surface area contributed by atoms with E-state index in [1.807, 2.05) is 0 Å². The Kier molecular flexibility index (Phi) is 5.92. The van der Waals surface area contributed by atoms with Crippen LogP contribution in [0.2, 0.25) is 0 Å². The molecule has 0 amide bonds. The lowest BCUT2D eigenvalue weighted by Crippen LogP contribution is -2.49. The fraction of sp³-hybridized carbons (Fsp3) is 0.464. The van der Waals surface area contributed by atoms with E-state index < -0.39 is 29.4 Å². The second-order valence-electron chi connectivity index (χ2n) is 11.7. The van der Waals surface area contributed by atoms with Gasteiger partial charge in [0, 0.05) is 37.3 Å². The van der Waals surface area contributed by atoms with Crippen molar-refractivity contribution in [2.24, 2.45) is 5.41 Å². The van der Waals surface area contributed by atoms with Crippen LogP contribution in [0.1, 0.15) is 48.3 Å². The van der Waals surface area contributed by atoms with Crippen molar-refractivity contribution in [2.45, 2.75) is 50.4 Å². The van der Waals surface area contributed by atoms with Crippen LogP contribution in [-0.2, 0) is 29.3 Å². The van der Waals surface area contributed by atoms with Crippen LogP contribution in [-0.4, -0.2) is 54.9 Å². The topological polar surface area (TPSA) is 69.6 Å². The predicted molar refractivity (Wildman–Crippen MR) is 137 cm³/mol. The zero-order chi connectivity index (χ0) is 28.6. The lowest BCUT2D eigenvalue weighted by atomic mass is 9.75. The minimum absolute atomic E-state index is 0.0911. The van der Waals surface area contributed by atoms with Crippen molar-refractivity contribution in [1.29, 1.82) is 0 Å². The fourth-order valence-electron chi connectivity index (χ4n) is 6.31. The number of ether oxygens (including phenoxy) is 1. The molecular weight excluding hydrogens is 547 g/mol. The Morgan fingerprint density at radius 1 is 1.07 bits per heavy atom. The highest BCUT2D eigenvalue weighted by atomic mass is 19.4. The quantitative estimate of drug-likeness (QED) is 0.302. The number of hydrogen-bond donors (Lipinski definition) is 0. The lowest BCUT2D eigenvalue weighted by molar-refractivity contribution is -0.136. The molecule has 8 nitrogen and oxygen atoms in total. The SMILES string of the molecule is O=c1n(-c2cccc(C3(Cc4nncn4C(F)F)COC3)c2)cc2c(C(F)(F)F)cc(CN3CCC4(CC4)C3)cn12. The Balaban J connectivity index is 1.26. The van der Waals surface area contributed by atoms with Gasteiger partial charge in [0.05, 0.1) is 30.0 Å². The van der Waals surface area contributed by atoms with Gasteiger partial charge >= 0.3 is 18.4 Å². The first-order valence-corrected chi connectivity index (χ1v) is 13.5. The van der Waals surface area contributed by atoms with Crippen LogP contribution in [0.4, 0.5) is 22.0 Å². The van der Waals surface area contributed by atoms with Gasteiger partial charge in [-0.2, -0.15) is 22.0 Å². The van der Waals surface area contributed by atoms with Crippen molar-refractivity contribution in [2.75, 3.05) is 26.3 Å². The molecule has 2 aliphatic heterocycles. The molecule has 1 saturated carbocycles. The maximum atomic E-state index is 14.2. The summed E-state index contributed by atoms with van der Waals surface area (Å²) in [6.07, 6.45) is 2.53. The smallest absolute Gasteiger partial charge is 0.379 e. The van der Waals surface area contributed by atoms with Crippen molar-refractivity contribution in [3.63, 3.8) is 0 Å². The molecule has 7 rings (SSSR count). The molecule has 5 heterocycles. The van der Waals surface area contributed by atoms with E-state index in [2.05, 4.69) is 15.1 Å². The van der Waals surface area contributed by atoms with Gasteiger partial charge in [0.15, 0.2) is 0 Å². The van der Waals surface area contributed by atoms with Crippen molar-refractivity contribution >= 4 is 5.52 Å². The maximum Gasteiger partial charge on any atom is 0.418 e. The van der Waals surface area contributed by atoms with Crippen molar-refractivity contribution in [1.82, 2.24) is 28.6 Å². The molecule has 2 saturated heterocycles. The van der Waals surface area contributed by atoms with E-state index >= 15 is 0 Å². The van der Waals surface area contributed by atoms with E-state index in [1.165, 1.54) is 17.0 Å². The molecule has 0 radical (unpaired) electrons. The molecule has 3 fully saturated rings. The van der Waals surface area contributed by atoms with Gasteiger partial charge in [-0.3, -0.25) is 18.4 Å². The first-order chi connectivity index (χ1) is 19.6. The van der Waals surface area contributed by atoms with Crippen LogP contribution >= 0.6 is 0 Å². The second kappa shape index (κ2) is 9.21. The minimum atomic E-state index is -4.65. The maximum absolute atomic E-state index is 14.2. The molecule has 0 N–H and O–H groups in total. The van der Waals surface area contributed by atoms with Crippen LogP contribution in [0.15, 0.2) is 53.8 Å². The molecule has 0 unspecified atom stereocenters. The normalized spacial score (nSPS) is 19.9. The number of benzene rings is 1. The van der Waals surface area contributed by atoms with Gasteiger partial charge in [0.1, 0.15) is 12.2 Å². The van der Waals surface area contributed by atoms with E-state index in [9.17, 15) is 26.7 Å². The molecule has 3 aliphatic rings. The highest BCUT2D eigenvalue weighted by molar-refractivity contribution is 5.58. The average molecular weight is 575 g/mol. The van der Waals surface area contributed by atoms with Crippen LogP contribution in [0.25, 0.3) is 11.2 Å². The number of rotatable bonds is 7. The zero-order valence-corrected chi connectivity index (χ0v) is 21.9. The largest absolute Gasteiger partial charge is 0.418 e. The Morgan fingerprint density at radius 2 is 1.88 bits per heavy atom. The molecule has 41 heavy (non-hydrogen) atoms. The molecule has 1 aromatic carbocycles. The number of halogens is 5. The Hall–Kier alpha value is -3.58. The van der Waals surface area contributed by atoms with E-state index in [0.29, 0.717) is 33.3 Å². The van der Waals surface area contributed by atoms with Crippen LogP contribution in [0.5, 0.6) is 0 Å². The van der Waals surface area contributed by atoms with Gasteiger partial charge < -0.3 is 4.74 Å². The van der Waals surface area contributed by atoms with Crippen LogP contribution < -0.4 is 5.69 Å². The number of aromatic nitrogens is 5. The number of hydrogen-bond acceptors (Lipinski definition) is 5. The van der Waals surface area contributed by atoms with E-state index in [1.54, 1.807) is 24.3 Å². The lowest BCUT2D eigenvalue weighted by Gasteiger charge is -2.42. The van der Waals surface area contributed by atoms with Gasteiger partial charge in [-0.1, -0.05) is 12.1 Å². The summed E-state index contributed by atoms with van der Waals surface area (Å²) < 4.78 is 77.9. The number of pyridine rings is 1. The average Bonchev–Trinajstić information content (AvgIpc) is 3.20. The third-order valence-electron chi connectivity index (χ3n) is 8.86. The minimum Gasteiger partial charge on any atom is -0.379 e. The van der Waals surface area contributed by atoms with E-state index in [4.69, 9.17) is 4.74 Å².